The van der Waals surface area contributed by atoms with Crippen molar-refractivity contribution in [1.29, 1.82) is 0 Å². The Balaban J connectivity index is 1.77. The lowest BCUT2D eigenvalue weighted by Crippen LogP contribution is -2.37. The average Bonchev–Trinajstić information content (AvgIpc) is 2.84. The van der Waals surface area contributed by atoms with E-state index in [-0.39, 0.29) is 11.8 Å². The summed E-state index contributed by atoms with van der Waals surface area (Å²) in [7, 11) is 0. The molecule has 0 bridgehead atoms. The first-order valence-electron chi connectivity index (χ1n) is 6.40. The number of para-hydroxylation sites is 1. The van der Waals surface area contributed by atoms with Crippen LogP contribution in [0.4, 0.5) is 5.95 Å². The number of benzene rings is 1. The predicted octanol–water partition coefficient (Wildman–Crippen LogP) is 2.15. The Morgan fingerprint density at radius 3 is 3.11 bits per heavy atom. The number of imidazole rings is 1. The number of rotatable bonds is 2. The van der Waals surface area contributed by atoms with E-state index in [1.165, 1.54) is 0 Å². The molecule has 1 unspecified atom stereocenters. The fourth-order valence-corrected chi connectivity index (χ4v) is 2.57. The van der Waals surface area contributed by atoms with E-state index < -0.39 is 0 Å². The number of nitrogens with one attached hydrogen (secondary N) is 3. The number of carbonyl (C=O) groups excluding carboxylic acids is 1. The van der Waals surface area contributed by atoms with Crippen molar-refractivity contribution in [3.8, 4) is 0 Å². The largest absolute Gasteiger partial charge is 0.324 e. The van der Waals surface area contributed by atoms with E-state index in [4.69, 9.17) is 11.6 Å². The van der Waals surface area contributed by atoms with Gasteiger partial charge in [-0.05, 0) is 31.5 Å². The van der Waals surface area contributed by atoms with E-state index in [2.05, 4.69) is 20.6 Å². The van der Waals surface area contributed by atoms with Crippen LogP contribution < -0.4 is 10.6 Å². The number of anilines is 1. The SMILES string of the molecule is O=C(Nc1nc2c(Cl)cccc2[nH]1)C1CCCNC1. The minimum atomic E-state index is 0.00220. The molecule has 1 aliphatic rings. The van der Waals surface area contributed by atoms with Gasteiger partial charge in [-0.1, -0.05) is 17.7 Å². The summed E-state index contributed by atoms with van der Waals surface area (Å²) >= 11 is 6.05. The summed E-state index contributed by atoms with van der Waals surface area (Å²) in [5.41, 5.74) is 1.51. The molecule has 3 N–H and O–H groups in total. The number of halogens is 1. The topological polar surface area (TPSA) is 69.8 Å². The van der Waals surface area contributed by atoms with Crippen molar-refractivity contribution < 1.29 is 4.79 Å². The fourth-order valence-electron chi connectivity index (χ4n) is 2.35. The zero-order chi connectivity index (χ0) is 13.2. The Kier molecular flexibility index (Phi) is 3.40. The van der Waals surface area contributed by atoms with Gasteiger partial charge in [0.15, 0.2) is 0 Å². The van der Waals surface area contributed by atoms with Crippen LogP contribution in [0.2, 0.25) is 5.02 Å². The maximum absolute atomic E-state index is 12.1. The summed E-state index contributed by atoms with van der Waals surface area (Å²) in [5, 5.41) is 6.63. The molecule has 2 heterocycles. The molecule has 1 saturated heterocycles. The second-order valence-electron chi connectivity index (χ2n) is 4.75. The van der Waals surface area contributed by atoms with Crippen LogP contribution in [0.3, 0.4) is 0 Å². The van der Waals surface area contributed by atoms with E-state index in [0.717, 1.165) is 31.4 Å². The first-order chi connectivity index (χ1) is 9.24. The summed E-state index contributed by atoms with van der Waals surface area (Å²) in [4.78, 5) is 19.5. The van der Waals surface area contributed by atoms with E-state index in [1.54, 1.807) is 6.07 Å². The highest BCUT2D eigenvalue weighted by Crippen LogP contribution is 2.23. The molecule has 1 amide bonds. The zero-order valence-electron chi connectivity index (χ0n) is 10.4. The van der Waals surface area contributed by atoms with Gasteiger partial charge in [0.2, 0.25) is 11.9 Å². The molecular formula is C13H15ClN4O. The third kappa shape index (κ3) is 2.57. The molecule has 100 valence electrons. The molecule has 6 heteroatoms. The van der Waals surface area contributed by atoms with Gasteiger partial charge in [0.1, 0.15) is 5.52 Å². The molecule has 1 aromatic carbocycles. The molecule has 2 aromatic rings. The van der Waals surface area contributed by atoms with Crippen LogP contribution in [0.25, 0.3) is 11.0 Å². The number of aromatic nitrogens is 2. The average molecular weight is 279 g/mol. The number of fused-ring (bicyclic) bond motifs is 1. The maximum atomic E-state index is 12.1. The Morgan fingerprint density at radius 2 is 2.37 bits per heavy atom. The summed E-state index contributed by atoms with van der Waals surface area (Å²) in [5.74, 6) is 0.471. The fraction of sp³-hybridized carbons (Fsp3) is 0.385. The molecule has 0 saturated carbocycles. The highest BCUT2D eigenvalue weighted by Gasteiger charge is 2.21. The van der Waals surface area contributed by atoms with E-state index in [0.29, 0.717) is 16.5 Å². The van der Waals surface area contributed by atoms with Crippen molar-refractivity contribution in [2.45, 2.75) is 12.8 Å². The number of aromatic amines is 1. The number of hydrogen-bond acceptors (Lipinski definition) is 3. The molecule has 0 aliphatic carbocycles. The van der Waals surface area contributed by atoms with E-state index in [1.807, 2.05) is 12.1 Å². The third-order valence-corrected chi connectivity index (χ3v) is 3.68. The molecule has 1 aromatic heterocycles. The van der Waals surface area contributed by atoms with Gasteiger partial charge in [-0.15, -0.1) is 0 Å². The molecule has 1 atom stereocenters. The monoisotopic (exact) mass is 278 g/mol. The minimum absolute atomic E-state index is 0.00220. The molecule has 0 spiro atoms. The minimum Gasteiger partial charge on any atom is -0.324 e. The first-order valence-corrected chi connectivity index (χ1v) is 6.77. The second-order valence-corrected chi connectivity index (χ2v) is 5.16. The Labute approximate surface area is 115 Å². The number of piperidine rings is 1. The molecule has 1 aliphatic heterocycles. The highest BCUT2D eigenvalue weighted by atomic mass is 35.5. The van der Waals surface area contributed by atoms with Crippen molar-refractivity contribution in [2.24, 2.45) is 5.92 Å². The van der Waals surface area contributed by atoms with Crippen molar-refractivity contribution in [1.82, 2.24) is 15.3 Å². The molecule has 0 radical (unpaired) electrons. The van der Waals surface area contributed by atoms with Crippen LogP contribution in [-0.2, 0) is 4.79 Å². The molecule has 19 heavy (non-hydrogen) atoms. The summed E-state index contributed by atoms with van der Waals surface area (Å²) in [6, 6.07) is 5.51. The lowest BCUT2D eigenvalue weighted by Gasteiger charge is -2.21. The lowest BCUT2D eigenvalue weighted by atomic mass is 9.99. The van der Waals surface area contributed by atoms with Gasteiger partial charge < -0.3 is 10.3 Å². The quantitative estimate of drug-likeness (QED) is 0.788. The van der Waals surface area contributed by atoms with Crippen LogP contribution in [-0.4, -0.2) is 29.0 Å². The van der Waals surface area contributed by atoms with Crippen molar-refractivity contribution in [3.63, 3.8) is 0 Å². The Morgan fingerprint density at radius 1 is 1.47 bits per heavy atom. The van der Waals surface area contributed by atoms with E-state index in [9.17, 15) is 4.79 Å². The highest BCUT2D eigenvalue weighted by molar-refractivity contribution is 6.35. The zero-order valence-corrected chi connectivity index (χ0v) is 11.1. The van der Waals surface area contributed by atoms with Gasteiger partial charge >= 0.3 is 0 Å². The standard InChI is InChI=1S/C13H15ClN4O/c14-9-4-1-5-10-11(9)17-13(16-10)18-12(19)8-3-2-6-15-7-8/h1,4-5,8,15H,2-3,6-7H2,(H2,16,17,18,19). The number of hydrogen-bond donors (Lipinski definition) is 3. The van der Waals surface area contributed by atoms with Crippen LogP contribution >= 0.6 is 11.6 Å². The molecule has 1 fully saturated rings. The van der Waals surface area contributed by atoms with Gasteiger partial charge in [0.05, 0.1) is 16.5 Å². The Hall–Kier alpha value is -1.59. The number of amides is 1. The van der Waals surface area contributed by atoms with Crippen LogP contribution in [0, 0.1) is 5.92 Å². The van der Waals surface area contributed by atoms with Gasteiger partial charge in [-0.25, -0.2) is 4.98 Å². The number of nitrogens with zero attached hydrogens (tertiary/aromatic N) is 1. The first kappa shape index (κ1) is 12.4. The molecule has 5 nitrogen and oxygen atoms in total. The second kappa shape index (κ2) is 5.19. The van der Waals surface area contributed by atoms with Crippen LogP contribution in [0.1, 0.15) is 12.8 Å². The van der Waals surface area contributed by atoms with Gasteiger partial charge in [-0.3, -0.25) is 10.1 Å². The van der Waals surface area contributed by atoms with E-state index >= 15 is 0 Å². The van der Waals surface area contributed by atoms with Crippen molar-refractivity contribution >= 4 is 34.5 Å². The van der Waals surface area contributed by atoms with Crippen molar-refractivity contribution in [3.05, 3.63) is 23.2 Å². The predicted molar refractivity (Wildman–Crippen MR) is 75.3 cm³/mol. The maximum Gasteiger partial charge on any atom is 0.231 e. The van der Waals surface area contributed by atoms with Crippen LogP contribution in [0.5, 0.6) is 0 Å². The van der Waals surface area contributed by atoms with Crippen molar-refractivity contribution in [2.75, 3.05) is 18.4 Å². The molecular weight excluding hydrogens is 264 g/mol. The lowest BCUT2D eigenvalue weighted by molar-refractivity contribution is -0.120. The smallest absolute Gasteiger partial charge is 0.231 e. The summed E-state index contributed by atoms with van der Waals surface area (Å²) in [6.07, 6.45) is 1.95. The normalized spacial score (nSPS) is 19.5. The van der Waals surface area contributed by atoms with Crippen LogP contribution in [0.15, 0.2) is 18.2 Å². The summed E-state index contributed by atoms with van der Waals surface area (Å²) < 4.78 is 0. The number of carbonyl (C=O) groups is 1. The summed E-state index contributed by atoms with van der Waals surface area (Å²) in [6.45, 7) is 1.72. The Bertz CT molecular complexity index is 604. The van der Waals surface area contributed by atoms with Gasteiger partial charge in [0, 0.05) is 6.54 Å². The molecule has 3 rings (SSSR count). The van der Waals surface area contributed by atoms with Gasteiger partial charge in [-0.2, -0.15) is 0 Å². The van der Waals surface area contributed by atoms with Gasteiger partial charge in [0.25, 0.3) is 0 Å². The third-order valence-electron chi connectivity index (χ3n) is 3.37. The number of H-pyrrole nitrogens is 1.